The van der Waals surface area contributed by atoms with E-state index >= 15 is 0 Å². The van der Waals surface area contributed by atoms with E-state index in [0.717, 1.165) is 5.39 Å². The van der Waals surface area contributed by atoms with Crippen LogP contribution in [0.3, 0.4) is 0 Å². The van der Waals surface area contributed by atoms with Crippen molar-refractivity contribution in [1.29, 1.82) is 0 Å². The molecule has 2 aromatic heterocycles. The lowest BCUT2D eigenvalue weighted by atomic mass is 10.2. The quantitative estimate of drug-likeness (QED) is 0.542. The normalized spacial score (nSPS) is 11.4. The fourth-order valence-corrected chi connectivity index (χ4v) is 2.29. The number of pyridine rings is 1. The van der Waals surface area contributed by atoms with Crippen molar-refractivity contribution in [2.45, 2.75) is 0 Å². The molecule has 0 saturated carbocycles. The predicted octanol–water partition coefficient (Wildman–Crippen LogP) is 4.94. The zero-order valence-corrected chi connectivity index (χ0v) is 10.1. The molecule has 0 radical (unpaired) electrons. The summed E-state index contributed by atoms with van der Waals surface area (Å²) in [5.41, 5.74) is 1.12. The Kier molecular flexibility index (Phi) is 2.25. The molecular weight excluding hydrogens is 268 g/mol. The summed E-state index contributed by atoms with van der Waals surface area (Å²) in [5.74, 6) is 0. The van der Waals surface area contributed by atoms with Crippen molar-refractivity contribution >= 4 is 56.9 Å². The highest BCUT2D eigenvalue weighted by molar-refractivity contribution is 6.50. The van der Waals surface area contributed by atoms with E-state index in [-0.39, 0.29) is 10.2 Å². The SMILES string of the molecule is Clc1nc2oc3ccccc3c2c(Cl)c1Cl. The number of hydrogen-bond acceptors (Lipinski definition) is 2. The molecular formula is C11H4Cl3NO. The summed E-state index contributed by atoms with van der Waals surface area (Å²) in [7, 11) is 0. The predicted molar refractivity (Wildman–Crippen MR) is 66.5 cm³/mol. The number of rotatable bonds is 0. The largest absolute Gasteiger partial charge is 0.438 e. The number of nitrogens with zero attached hydrogens (tertiary/aromatic N) is 1. The molecule has 0 aliphatic carbocycles. The second-order valence-corrected chi connectivity index (χ2v) is 4.42. The van der Waals surface area contributed by atoms with Crippen LogP contribution < -0.4 is 0 Å². The van der Waals surface area contributed by atoms with Gasteiger partial charge in [-0.15, -0.1) is 0 Å². The Morgan fingerprint density at radius 1 is 1.00 bits per heavy atom. The van der Waals surface area contributed by atoms with Gasteiger partial charge in [0.05, 0.1) is 15.4 Å². The molecule has 0 aliphatic heterocycles. The fraction of sp³-hybridized carbons (Fsp3) is 0. The van der Waals surface area contributed by atoms with Crippen LogP contribution in [0, 0.1) is 0 Å². The van der Waals surface area contributed by atoms with Crippen molar-refractivity contribution in [3.63, 3.8) is 0 Å². The monoisotopic (exact) mass is 271 g/mol. The third kappa shape index (κ3) is 1.31. The maximum atomic E-state index is 6.14. The summed E-state index contributed by atoms with van der Waals surface area (Å²) in [6.45, 7) is 0. The first-order valence-corrected chi connectivity index (χ1v) is 5.63. The van der Waals surface area contributed by atoms with Crippen LogP contribution >= 0.6 is 34.8 Å². The lowest BCUT2D eigenvalue weighted by Crippen LogP contribution is -1.80. The first-order valence-electron chi connectivity index (χ1n) is 4.50. The lowest BCUT2D eigenvalue weighted by Gasteiger charge is -1.98. The van der Waals surface area contributed by atoms with Crippen LogP contribution in [-0.4, -0.2) is 4.98 Å². The van der Waals surface area contributed by atoms with Gasteiger partial charge in [-0.3, -0.25) is 0 Å². The minimum atomic E-state index is 0.151. The number of para-hydroxylation sites is 1. The summed E-state index contributed by atoms with van der Waals surface area (Å²) in [6, 6.07) is 7.52. The maximum absolute atomic E-state index is 6.14. The summed E-state index contributed by atoms with van der Waals surface area (Å²) >= 11 is 17.9. The molecule has 0 N–H and O–H groups in total. The van der Waals surface area contributed by atoms with Gasteiger partial charge in [-0.1, -0.05) is 53.0 Å². The number of halogens is 3. The van der Waals surface area contributed by atoms with E-state index in [1.54, 1.807) is 0 Å². The minimum absolute atomic E-state index is 0.151. The van der Waals surface area contributed by atoms with Gasteiger partial charge in [0.25, 0.3) is 0 Å². The maximum Gasteiger partial charge on any atom is 0.230 e. The summed E-state index contributed by atoms with van der Waals surface area (Å²) < 4.78 is 5.53. The van der Waals surface area contributed by atoms with Crippen molar-refractivity contribution in [2.75, 3.05) is 0 Å². The first kappa shape index (κ1) is 10.2. The van der Waals surface area contributed by atoms with Crippen molar-refractivity contribution in [1.82, 2.24) is 4.98 Å². The molecule has 0 spiro atoms. The second kappa shape index (κ2) is 3.52. The third-order valence-corrected chi connectivity index (χ3v) is 3.58. The Morgan fingerprint density at radius 3 is 2.56 bits per heavy atom. The molecule has 0 atom stereocenters. The second-order valence-electron chi connectivity index (χ2n) is 3.31. The molecule has 16 heavy (non-hydrogen) atoms. The Labute approximate surface area is 106 Å². The highest BCUT2D eigenvalue weighted by Gasteiger charge is 2.16. The molecule has 3 rings (SSSR count). The van der Waals surface area contributed by atoms with Gasteiger partial charge in [-0.25, -0.2) is 0 Å². The molecule has 0 saturated heterocycles. The first-order chi connectivity index (χ1) is 7.68. The average Bonchev–Trinajstić information content (AvgIpc) is 2.64. The third-order valence-electron chi connectivity index (χ3n) is 2.37. The highest BCUT2D eigenvalue weighted by atomic mass is 35.5. The molecule has 0 bridgehead atoms. The Morgan fingerprint density at radius 2 is 1.75 bits per heavy atom. The Bertz CT molecular complexity index is 705. The van der Waals surface area contributed by atoms with E-state index in [1.807, 2.05) is 24.3 Å². The summed E-state index contributed by atoms with van der Waals surface area (Å²) in [5, 5.41) is 2.36. The smallest absolute Gasteiger partial charge is 0.230 e. The van der Waals surface area contributed by atoms with E-state index in [0.29, 0.717) is 21.7 Å². The summed E-state index contributed by atoms with van der Waals surface area (Å²) in [4.78, 5) is 4.06. The van der Waals surface area contributed by atoms with Gasteiger partial charge in [-0.05, 0) is 6.07 Å². The van der Waals surface area contributed by atoms with Crippen molar-refractivity contribution in [3.05, 3.63) is 39.5 Å². The van der Waals surface area contributed by atoms with Crippen LogP contribution in [0.1, 0.15) is 0 Å². The van der Waals surface area contributed by atoms with Crippen LogP contribution in [0.15, 0.2) is 28.7 Å². The van der Waals surface area contributed by atoms with E-state index in [1.165, 1.54) is 0 Å². The van der Waals surface area contributed by atoms with E-state index < -0.39 is 0 Å². The van der Waals surface area contributed by atoms with Gasteiger partial charge in [-0.2, -0.15) is 4.98 Å². The van der Waals surface area contributed by atoms with E-state index in [9.17, 15) is 0 Å². The molecule has 3 aromatic rings. The van der Waals surface area contributed by atoms with Crippen LogP contribution in [0.4, 0.5) is 0 Å². The molecule has 2 heterocycles. The fourth-order valence-electron chi connectivity index (χ4n) is 1.66. The van der Waals surface area contributed by atoms with Crippen molar-refractivity contribution in [3.8, 4) is 0 Å². The molecule has 0 amide bonds. The Balaban J connectivity index is 2.62. The molecule has 0 unspecified atom stereocenters. The Hall–Kier alpha value is -0.960. The van der Waals surface area contributed by atoms with Gasteiger partial charge < -0.3 is 4.42 Å². The van der Waals surface area contributed by atoms with Gasteiger partial charge in [0.15, 0.2) is 5.15 Å². The summed E-state index contributed by atoms with van der Waals surface area (Å²) in [6.07, 6.45) is 0. The van der Waals surface area contributed by atoms with Crippen LogP contribution in [0.5, 0.6) is 0 Å². The minimum Gasteiger partial charge on any atom is -0.438 e. The van der Waals surface area contributed by atoms with E-state index in [2.05, 4.69) is 4.98 Å². The number of benzene rings is 1. The van der Waals surface area contributed by atoms with Gasteiger partial charge in [0.2, 0.25) is 5.71 Å². The van der Waals surface area contributed by atoms with Crippen molar-refractivity contribution in [2.24, 2.45) is 0 Å². The zero-order valence-electron chi connectivity index (χ0n) is 7.80. The molecule has 80 valence electrons. The van der Waals surface area contributed by atoms with Crippen LogP contribution in [0.2, 0.25) is 15.2 Å². The molecule has 5 heteroatoms. The standard InChI is InChI=1S/C11H4Cl3NO/c12-8-7-5-3-1-2-4-6(5)16-11(7)15-10(14)9(8)13/h1-4H. The topological polar surface area (TPSA) is 26.0 Å². The van der Waals surface area contributed by atoms with Crippen LogP contribution in [-0.2, 0) is 0 Å². The number of fused-ring (bicyclic) bond motifs is 3. The van der Waals surface area contributed by atoms with Gasteiger partial charge in [0, 0.05) is 5.39 Å². The van der Waals surface area contributed by atoms with Crippen molar-refractivity contribution < 1.29 is 4.42 Å². The number of hydrogen-bond donors (Lipinski definition) is 0. The number of furan rings is 1. The van der Waals surface area contributed by atoms with E-state index in [4.69, 9.17) is 39.2 Å². The zero-order chi connectivity index (χ0) is 11.3. The molecule has 0 aliphatic rings. The van der Waals surface area contributed by atoms with Gasteiger partial charge >= 0.3 is 0 Å². The molecule has 2 nitrogen and oxygen atoms in total. The average molecular weight is 273 g/mol. The molecule has 0 fully saturated rings. The lowest BCUT2D eigenvalue weighted by molar-refractivity contribution is 0.654. The van der Waals surface area contributed by atoms with Gasteiger partial charge in [0.1, 0.15) is 5.58 Å². The highest BCUT2D eigenvalue weighted by Crippen LogP contribution is 2.39. The number of aromatic nitrogens is 1. The van der Waals surface area contributed by atoms with Crippen LogP contribution in [0.25, 0.3) is 22.1 Å². The molecule has 1 aromatic carbocycles.